The van der Waals surface area contributed by atoms with E-state index in [0.717, 1.165) is 31.6 Å². The highest BCUT2D eigenvalue weighted by molar-refractivity contribution is 5.84. The molecule has 4 nitrogen and oxygen atoms in total. The van der Waals surface area contributed by atoms with Gasteiger partial charge in [-0.25, -0.2) is 0 Å². The number of benzene rings is 1. The minimum absolute atomic E-state index is 0.297. The first-order valence-corrected chi connectivity index (χ1v) is 8.93. The summed E-state index contributed by atoms with van der Waals surface area (Å²) in [7, 11) is 0. The van der Waals surface area contributed by atoms with Gasteiger partial charge in [-0.3, -0.25) is 14.9 Å². The fraction of sp³-hybridized carbons (Fsp3) is 0.333. The van der Waals surface area contributed by atoms with Crippen molar-refractivity contribution in [2.45, 2.75) is 32.1 Å². The van der Waals surface area contributed by atoms with Gasteiger partial charge in [0.25, 0.3) is 0 Å². The molecule has 1 aliphatic rings. The number of likely N-dealkylation sites (tertiary alicyclic amines) is 1. The molecule has 1 atom stereocenters. The van der Waals surface area contributed by atoms with Crippen molar-refractivity contribution < 1.29 is 4.74 Å². The molecule has 0 radical (unpaired) electrons. The molecule has 0 amide bonds. The summed E-state index contributed by atoms with van der Waals surface area (Å²) in [5.74, 6) is 0. The first-order chi connectivity index (χ1) is 12.4. The van der Waals surface area contributed by atoms with Crippen molar-refractivity contribution in [3.8, 4) is 0 Å². The van der Waals surface area contributed by atoms with Gasteiger partial charge in [-0.05, 0) is 48.0 Å². The fourth-order valence-corrected chi connectivity index (χ4v) is 3.56. The van der Waals surface area contributed by atoms with Gasteiger partial charge in [0, 0.05) is 43.3 Å². The molecule has 1 saturated heterocycles. The lowest BCUT2D eigenvalue weighted by Gasteiger charge is -2.33. The maximum atomic E-state index is 6.13. The van der Waals surface area contributed by atoms with Crippen LogP contribution in [-0.2, 0) is 17.9 Å². The van der Waals surface area contributed by atoms with Crippen LogP contribution < -0.4 is 0 Å². The van der Waals surface area contributed by atoms with E-state index < -0.39 is 0 Å². The minimum Gasteiger partial charge on any atom is -0.372 e. The molecule has 128 valence electrons. The molecule has 0 unspecified atom stereocenters. The Hall–Kier alpha value is -2.30. The number of ether oxygens (including phenoxy) is 1. The van der Waals surface area contributed by atoms with Crippen molar-refractivity contribution >= 4 is 10.8 Å². The second-order valence-corrected chi connectivity index (χ2v) is 6.69. The predicted molar refractivity (Wildman–Crippen MR) is 99.1 cm³/mol. The second kappa shape index (κ2) is 7.72. The number of piperidine rings is 1. The van der Waals surface area contributed by atoms with Crippen LogP contribution in [0.2, 0.25) is 0 Å². The zero-order valence-corrected chi connectivity index (χ0v) is 14.3. The summed E-state index contributed by atoms with van der Waals surface area (Å²) >= 11 is 0. The predicted octanol–water partition coefficient (Wildman–Crippen LogP) is 3.81. The first-order valence-electron chi connectivity index (χ1n) is 8.93. The Morgan fingerprint density at radius 2 is 2.00 bits per heavy atom. The Morgan fingerprint density at radius 1 is 1.04 bits per heavy atom. The molecule has 4 heteroatoms. The molecule has 3 heterocycles. The molecule has 0 saturated carbocycles. The van der Waals surface area contributed by atoms with Crippen molar-refractivity contribution in [2.75, 3.05) is 13.1 Å². The lowest BCUT2D eigenvalue weighted by Crippen LogP contribution is -2.39. The SMILES string of the molecule is c1cncc(CO[C@@H]2CCCN(Cc3cccc4cnccc34)C2)c1. The van der Waals surface area contributed by atoms with Gasteiger partial charge in [0.2, 0.25) is 0 Å². The van der Waals surface area contributed by atoms with Crippen molar-refractivity contribution in [3.05, 3.63) is 72.3 Å². The summed E-state index contributed by atoms with van der Waals surface area (Å²) in [6.45, 7) is 3.73. The van der Waals surface area contributed by atoms with Gasteiger partial charge < -0.3 is 4.74 Å². The van der Waals surface area contributed by atoms with Gasteiger partial charge in [0.15, 0.2) is 0 Å². The molecule has 0 N–H and O–H groups in total. The Labute approximate surface area is 148 Å². The van der Waals surface area contributed by atoms with Crippen LogP contribution in [0.5, 0.6) is 0 Å². The number of aromatic nitrogens is 2. The number of rotatable bonds is 5. The highest BCUT2D eigenvalue weighted by atomic mass is 16.5. The molecular weight excluding hydrogens is 310 g/mol. The number of nitrogens with zero attached hydrogens (tertiary/aromatic N) is 3. The van der Waals surface area contributed by atoms with Crippen LogP contribution in [0, 0.1) is 0 Å². The Bertz CT molecular complexity index is 816. The molecule has 0 aliphatic carbocycles. The Balaban J connectivity index is 1.39. The summed E-state index contributed by atoms with van der Waals surface area (Å²) in [5, 5.41) is 2.51. The third-order valence-electron chi connectivity index (χ3n) is 4.84. The van der Waals surface area contributed by atoms with E-state index >= 15 is 0 Å². The van der Waals surface area contributed by atoms with E-state index in [4.69, 9.17) is 4.74 Å². The summed E-state index contributed by atoms with van der Waals surface area (Å²) in [6, 6.07) is 12.6. The largest absolute Gasteiger partial charge is 0.372 e. The molecular formula is C21H23N3O. The minimum atomic E-state index is 0.297. The van der Waals surface area contributed by atoms with Gasteiger partial charge in [0.1, 0.15) is 0 Å². The highest BCUT2D eigenvalue weighted by Crippen LogP contribution is 2.22. The molecule has 2 aromatic heterocycles. The van der Waals surface area contributed by atoms with Gasteiger partial charge >= 0.3 is 0 Å². The Kier molecular flexibility index (Phi) is 5.00. The van der Waals surface area contributed by atoms with E-state index in [9.17, 15) is 0 Å². The average Bonchev–Trinajstić information content (AvgIpc) is 2.68. The summed E-state index contributed by atoms with van der Waals surface area (Å²) in [4.78, 5) is 10.9. The maximum absolute atomic E-state index is 6.13. The second-order valence-electron chi connectivity index (χ2n) is 6.69. The number of fused-ring (bicyclic) bond motifs is 1. The molecule has 25 heavy (non-hydrogen) atoms. The van der Waals surface area contributed by atoms with Crippen LogP contribution in [-0.4, -0.2) is 34.1 Å². The normalized spacial score (nSPS) is 18.5. The third-order valence-corrected chi connectivity index (χ3v) is 4.84. The average molecular weight is 333 g/mol. The van der Waals surface area contributed by atoms with Gasteiger partial charge in [-0.15, -0.1) is 0 Å². The molecule has 1 fully saturated rings. The van der Waals surface area contributed by atoms with E-state index in [0.29, 0.717) is 12.7 Å². The topological polar surface area (TPSA) is 38.2 Å². The van der Waals surface area contributed by atoms with Gasteiger partial charge in [-0.2, -0.15) is 0 Å². The van der Waals surface area contributed by atoms with Crippen LogP contribution in [0.25, 0.3) is 10.8 Å². The van der Waals surface area contributed by atoms with Crippen molar-refractivity contribution in [2.24, 2.45) is 0 Å². The molecule has 0 bridgehead atoms. The van der Waals surface area contributed by atoms with E-state index in [1.165, 1.54) is 22.8 Å². The van der Waals surface area contributed by atoms with Crippen LogP contribution in [0.4, 0.5) is 0 Å². The van der Waals surface area contributed by atoms with Gasteiger partial charge in [0.05, 0.1) is 12.7 Å². The molecule has 1 aliphatic heterocycles. The quantitative estimate of drug-likeness (QED) is 0.712. The number of pyridine rings is 2. The van der Waals surface area contributed by atoms with Crippen molar-refractivity contribution in [1.82, 2.24) is 14.9 Å². The smallest absolute Gasteiger partial charge is 0.0736 e. The van der Waals surface area contributed by atoms with Crippen molar-refractivity contribution in [1.29, 1.82) is 0 Å². The lowest BCUT2D eigenvalue weighted by molar-refractivity contribution is -0.0120. The molecule has 4 rings (SSSR count). The molecule has 0 spiro atoms. The molecule has 1 aromatic carbocycles. The summed E-state index contributed by atoms with van der Waals surface area (Å²) in [6.07, 6.45) is 10.1. The molecule has 3 aromatic rings. The number of hydrogen-bond donors (Lipinski definition) is 0. The van der Waals surface area contributed by atoms with Gasteiger partial charge in [-0.1, -0.05) is 24.3 Å². The van der Waals surface area contributed by atoms with E-state index in [-0.39, 0.29) is 0 Å². The Morgan fingerprint density at radius 3 is 2.92 bits per heavy atom. The zero-order valence-electron chi connectivity index (χ0n) is 14.3. The maximum Gasteiger partial charge on any atom is 0.0736 e. The number of hydrogen-bond acceptors (Lipinski definition) is 4. The highest BCUT2D eigenvalue weighted by Gasteiger charge is 2.21. The zero-order chi connectivity index (χ0) is 16.9. The fourth-order valence-electron chi connectivity index (χ4n) is 3.56. The van der Waals surface area contributed by atoms with Crippen LogP contribution in [0.3, 0.4) is 0 Å². The monoisotopic (exact) mass is 333 g/mol. The summed E-state index contributed by atoms with van der Waals surface area (Å²) in [5.41, 5.74) is 2.51. The van der Waals surface area contributed by atoms with Crippen molar-refractivity contribution in [3.63, 3.8) is 0 Å². The van der Waals surface area contributed by atoms with Crippen LogP contribution >= 0.6 is 0 Å². The van der Waals surface area contributed by atoms with Crippen LogP contribution in [0.1, 0.15) is 24.0 Å². The summed E-state index contributed by atoms with van der Waals surface area (Å²) < 4.78 is 6.13. The standard InChI is InChI=1S/C21H23N3O/c1-5-18-13-23-10-8-21(18)19(6-1)14-24-11-3-7-20(15-24)25-16-17-4-2-9-22-12-17/h1-2,4-6,8-10,12-13,20H,3,7,11,14-16H2/t20-/m1/s1. The van der Waals surface area contributed by atoms with E-state index in [2.05, 4.69) is 45.2 Å². The third kappa shape index (κ3) is 4.03. The van der Waals surface area contributed by atoms with Crippen LogP contribution in [0.15, 0.2) is 61.2 Å². The van der Waals surface area contributed by atoms with E-state index in [1.807, 2.05) is 24.7 Å². The van der Waals surface area contributed by atoms with E-state index in [1.54, 1.807) is 6.20 Å². The lowest BCUT2D eigenvalue weighted by atomic mass is 10.0. The first kappa shape index (κ1) is 16.2.